The zero-order chi connectivity index (χ0) is 67.0. The van der Waals surface area contributed by atoms with Gasteiger partial charge in [0.2, 0.25) is 17.7 Å². The molecule has 34 heteroatoms. The number of imidazole rings is 2. The van der Waals surface area contributed by atoms with E-state index >= 15 is 0 Å². The third-order valence-electron chi connectivity index (χ3n) is 15.4. The second-order valence-electron chi connectivity index (χ2n) is 21.9. The molecule has 9 atom stereocenters. The molecule has 3 saturated heterocycles. The Hall–Kier alpha value is -6.79. The third kappa shape index (κ3) is 16.0. The molecule has 9 aromatic rings. The van der Waals surface area contributed by atoms with Gasteiger partial charge in [0.15, 0.2) is 0 Å². The van der Waals surface area contributed by atoms with E-state index < -0.39 is 77.2 Å². The predicted octanol–water partition coefficient (Wildman–Crippen LogP) is 9.78. The smallest absolute Gasteiger partial charge is 0.242 e. The lowest BCUT2D eigenvalue weighted by Crippen LogP contribution is -2.55. The van der Waals surface area contributed by atoms with Crippen molar-refractivity contribution < 1.29 is 40.2 Å². The van der Waals surface area contributed by atoms with E-state index in [2.05, 4.69) is 67.8 Å². The molecule has 12 rings (SSSR count). The minimum Gasteiger partial charge on any atom is -0.340 e. The maximum absolute atomic E-state index is 13.4. The number of rotatable bonds is 12. The number of halogens is 6. The second-order valence-corrected chi connectivity index (χ2v) is 32.4. The van der Waals surface area contributed by atoms with Crippen LogP contribution in [0, 0.1) is 17.5 Å². The number of carbonyl (C=O) groups excluding carboxylic acids is 3. The van der Waals surface area contributed by atoms with Gasteiger partial charge in [-0.25, -0.2) is 67.8 Å². The Morgan fingerprint density at radius 1 is 0.559 bits per heavy atom. The molecule has 93 heavy (non-hydrogen) atoms. The number of hydrogen-bond acceptors (Lipinski definition) is 13. The van der Waals surface area contributed by atoms with E-state index in [4.69, 9.17) is 34.8 Å². The number of nitrogens with one attached hydrogen (secondary N) is 6. The summed E-state index contributed by atoms with van der Waals surface area (Å²) in [6, 6.07) is 14.5. The van der Waals surface area contributed by atoms with Crippen LogP contribution in [-0.2, 0) is 65.2 Å². The molecule has 22 nitrogen and oxygen atoms in total. The van der Waals surface area contributed by atoms with Gasteiger partial charge in [-0.2, -0.15) is 5.10 Å². The zero-order valence-electron chi connectivity index (χ0n) is 50.4. The van der Waals surface area contributed by atoms with Gasteiger partial charge in [-0.05, 0) is 110 Å². The fourth-order valence-corrected chi connectivity index (χ4v) is 18.1. The van der Waals surface area contributed by atoms with E-state index in [-0.39, 0.29) is 39.0 Å². The van der Waals surface area contributed by atoms with Crippen LogP contribution in [0.1, 0.15) is 52.1 Å². The van der Waals surface area contributed by atoms with Crippen molar-refractivity contribution in [2.24, 2.45) is 21.1 Å². The van der Waals surface area contributed by atoms with Crippen molar-refractivity contribution in [3.05, 3.63) is 168 Å². The first-order valence-corrected chi connectivity index (χ1v) is 36.7. The number of thiophene rings is 2. The van der Waals surface area contributed by atoms with Gasteiger partial charge in [0.1, 0.15) is 40.6 Å². The first kappa shape index (κ1) is 69.1. The predicted molar refractivity (Wildman–Crippen MR) is 369 cm³/mol. The monoisotopic (exact) mass is 1440 g/mol. The van der Waals surface area contributed by atoms with Crippen molar-refractivity contribution >= 4 is 151 Å². The van der Waals surface area contributed by atoms with Crippen molar-refractivity contribution in [2.75, 3.05) is 37.1 Å². The molecule has 3 aliphatic heterocycles. The molecule has 0 spiro atoms. The van der Waals surface area contributed by atoms with Gasteiger partial charge < -0.3 is 25.1 Å². The Labute approximate surface area is 562 Å². The highest BCUT2D eigenvalue weighted by Gasteiger charge is 2.41. The second kappa shape index (κ2) is 28.3. The largest absolute Gasteiger partial charge is 0.340 e. The van der Waals surface area contributed by atoms with Crippen molar-refractivity contribution in [1.82, 2.24) is 60.9 Å². The number of amides is 3. The molecule has 0 radical (unpaired) electrons. The molecule has 9 heterocycles. The SMILES string of the molecule is C=S1(=O)N[C@@H](c2cc(-c3ccnn3C)cs2)C[C@@H](C(=O)Nc2ccc(F)c(Cl)c2)N1C.C=S1(=O)N[C@@H](c2cc(-c3cn(C)cn3)cs2)C[C@@H](C(=O)Nc2ccc(F)c(Cl)c2)N1C.C=S1(=O)N[C@@H](c2ncc(-c3cn(C)cn3)s2)C[C@@H](C(=O)Nc2ccc(F)c(Cl)c2)N1C. The van der Waals surface area contributed by atoms with E-state index in [0.717, 1.165) is 42.8 Å². The summed E-state index contributed by atoms with van der Waals surface area (Å²) in [6.45, 7) is 0. The molecule has 3 amide bonds. The van der Waals surface area contributed by atoms with Crippen LogP contribution in [0.3, 0.4) is 0 Å². The normalized spacial score (nSPS) is 24.3. The number of benzene rings is 3. The molecule has 0 saturated carbocycles. The quantitative estimate of drug-likeness (QED) is 0.0632. The Kier molecular flexibility index (Phi) is 21.0. The van der Waals surface area contributed by atoms with Crippen molar-refractivity contribution in [3.8, 4) is 33.1 Å². The molecule has 0 aliphatic carbocycles. The topological polar surface area (TPSA) is 251 Å². The van der Waals surface area contributed by atoms with E-state index in [0.29, 0.717) is 41.3 Å². The Morgan fingerprint density at radius 2 is 0.957 bits per heavy atom. The van der Waals surface area contributed by atoms with Crippen molar-refractivity contribution in [2.45, 2.75) is 55.5 Å². The lowest BCUT2D eigenvalue weighted by Gasteiger charge is -2.39. The van der Waals surface area contributed by atoms with Crippen LogP contribution < -0.4 is 30.1 Å². The van der Waals surface area contributed by atoms with Crippen molar-refractivity contribution in [3.63, 3.8) is 0 Å². The van der Waals surface area contributed by atoms with E-state index in [1.807, 2.05) is 71.6 Å². The van der Waals surface area contributed by atoms with E-state index in [9.17, 15) is 40.2 Å². The molecule has 3 fully saturated rings. The van der Waals surface area contributed by atoms with Crippen LogP contribution in [0.25, 0.3) is 33.1 Å². The van der Waals surface area contributed by atoms with Gasteiger partial charge in [-0.15, -0.1) is 34.0 Å². The van der Waals surface area contributed by atoms with Crippen LogP contribution in [0.2, 0.25) is 15.1 Å². The summed E-state index contributed by atoms with van der Waals surface area (Å²) in [5.74, 6) is 8.54. The average molecular weight is 1450 g/mol. The number of aromatic nitrogens is 7. The summed E-state index contributed by atoms with van der Waals surface area (Å²) in [7, 11) is 1.70. The van der Waals surface area contributed by atoms with E-state index in [1.54, 1.807) is 50.9 Å². The van der Waals surface area contributed by atoms with Crippen LogP contribution >= 0.6 is 68.8 Å². The molecule has 492 valence electrons. The zero-order valence-corrected chi connectivity index (χ0v) is 57.6. The first-order chi connectivity index (χ1) is 43.9. The highest BCUT2D eigenvalue weighted by atomic mass is 35.5. The minimum atomic E-state index is -2.93. The number of likely N-dealkylation sites (N-methyl/N-ethyl adjacent to an activating group) is 3. The van der Waals surface area contributed by atoms with Crippen molar-refractivity contribution in [1.29, 1.82) is 0 Å². The van der Waals surface area contributed by atoms with Crippen LogP contribution in [0.4, 0.5) is 30.2 Å². The van der Waals surface area contributed by atoms with Crippen LogP contribution in [0.15, 0.2) is 121 Å². The van der Waals surface area contributed by atoms with E-state index in [1.165, 1.54) is 102 Å². The Morgan fingerprint density at radius 3 is 1.35 bits per heavy atom. The Bertz CT molecular complexity index is 4440. The lowest BCUT2D eigenvalue weighted by atomic mass is 10.0. The summed E-state index contributed by atoms with van der Waals surface area (Å²) in [4.78, 5) is 54.8. The lowest BCUT2D eigenvalue weighted by molar-refractivity contribution is -0.120. The van der Waals surface area contributed by atoms with Gasteiger partial charge in [0.05, 0.1) is 97.5 Å². The fourth-order valence-electron chi connectivity index (χ4n) is 10.2. The molecule has 6 aromatic heterocycles. The number of hydrogen-bond donors (Lipinski definition) is 6. The average Bonchev–Trinajstić information content (AvgIpc) is 1.72. The minimum absolute atomic E-state index is 0.0865. The van der Waals surface area contributed by atoms with Gasteiger partial charge in [-0.3, -0.25) is 19.1 Å². The summed E-state index contributed by atoms with van der Waals surface area (Å²) in [5, 5.41) is 16.8. The van der Waals surface area contributed by atoms with Gasteiger partial charge in [0, 0.05) is 116 Å². The number of thiazole rings is 1. The molecular weight excluding hydrogens is 1380 g/mol. The maximum atomic E-state index is 13.4. The van der Waals surface area contributed by atoms with Crippen LogP contribution in [-0.4, -0.2) is 134 Å². The Balaban J connectivity index is 0.000000153. The highest BCUT2D eigenvalue weighted by Crippen LogP contribution is 2.39. The van der Waals surface area contributed by atoms with Crippen LogP contribution in [0.5, 0.6) is 0 Å². The molecule has 6 N–H and O–H groups in total. The number of anilines is 3. The molecule has 3 aliphatic rings. The standard InChI is InChI=1S/2C20H21ClFN5O2S2.C19H20ClFN6O2S2/c1-26-9-17(23-11-26)12-6-19(30-10-12)16-8-18(27(2)31(3,29)25-16)20(28)24-13-4-5-15(22)14(21)7-13;1-26-17(6-7-23-26)12-8-19(30-11-12)16-10-18(27(2)31(3,29)25-16)20(28)24-13-4-5-15(22)14(21)9-13;1-26-9-15(23-10-26)17-8-22-19(30-17)14-7-16(27(2)31(3,29)25-14)18(28)24-11-4-5-13(21)12(20)6-11/h4-7,9-11,16,18H,3,8H2,1-2H3,(H,24,28)(H,25,29);4-9,11,16,18H,3,10H2,1-2H3,(H,24,28)(H,25,29);4-6,8-10,14,16H,3,7H2,1-2H3,(H,24,28)(H,25,29)/t2*16-,18+,31?;14-,16+,31?/m111/s1. The van der Waals surface area contributed by atoms with Gasteiger partial charge in [0.25, 0.3) is 0 Å². The van der Waals surface area contributed by atoms with Gasteiger partial charge >= 0.3 is 0 Å². The number of nitrogens with zero attached hydrogens (tertiary/aromatic N) is 10. The fraction of sp³-hybridized carbons (Fsp3) is 0.254. The number of aryl methyl sites for hydroxylation is 3. The first-order valence-electron chi connectivity index (χ1n) is 27.9. The third-order valence-corrected chi connectivity index (χ3v) is 25.0. The molecule has 3 unspecified atom stereocenters. The molecule has 3 aromatic carbocycles. The van der Waals surface area contributed by atoms with Gasteiger partial charge in [-0.1, -0.05) is 34.8 Å². The summed E-state index contributed by atoms with van der Waals surface area (Å²) in [5.41, 5.74) is 5.63. The summed E-state index contributed by atoms with van der Waals surface area (Å²) < 4.78 is 98.5. The summed E-state index contributed by atoms with van der Waals surface area (Å²) in [6.07, 6.45) is 11.8. The summed E-state index contributed by atoms with van der Waals surface area (Å²) >= 11 is 21.9. The molecule has 0 bridgehead atoms. The molecular formula is C59H62Cl3F3N16O6S6. The maximum Gasteiger partial charge on any atom is 0.242 e. The highest BCUT2D eigenvalue weighted by molar-refractivity contribution is 7.97. The number of carbonyl (C=O) groups is 3.